The van der Waals surface area contributed by atoms with Gasteiger partial charge in [0.15, 0.2) is 0 Å². The second-order valence-electron chi connectivity index (χ2n) is 5.33. The number of hydrogen-bond donors (Lipinski definition) is 2. The molecule has 3 rings (SSSR count). The quantitative estimate of drug-likeness (QED) is 0.761. The van der Waals surface area contributed by atoms with Gasteiger partial charge in [-0.2, -0.15) is 0 Å². The number of para-hydroxylation sites is 2. The smallest absolute Gasteiger partial charge is 0.204 e. The van der Waals surface area contributed by atoms with Crippen molar-refractivity contribution in [2.45, 2.75) is 19.6 Å². The molecule has 0 aliphatic heterocycles. The molecule has 2 N–H and O–H groups in total. The molecule has 0 bridgehead atoms. The van der Waals surface area contributed by atoms with E-state index in [0.29, 0.717) is 24.6 Å². The van der Waals surface area contributed by atoms with Gasteiger partial charge in [-0.15, -0.1) is 0 Å². The molecule has 114 valence electrons. The van der Waals surface area contributed by atoms with Crippen molar-refractivity contribution in [2.75, 3.05) is 11.9 Å². The van der Waals surface area contributed by atoms with Crippen LogP contribution < -0.4 is 5.32 Å². The number of aliphatic hydroxyl groups excluding tert-OH is 1. The highest BCUT2D eigenvalue weighted by atomic mass is 19.1. The Morgan fingerprint density at radius 1 is 1.18 bits per heavy atom. The van der Waals surface area contributed by atoms with Gasteiger partial charge in [0, 0.05) is 12.1 Å². The molecule has 0 spiro atoms. The van der Waals surface area contributed by atoms with E-state index < -0.39 is 6.10 Å². The number of aliphatic hydroxyl groups is 1. The van der Waals surface area contributed by atoms with E-state index in [2.05, 4.69) is 10.3 Å². The maximum Gasteiger partial charge on any atom is 0.204 e. The summed E-state index contributed by atoms with van der Waals surface area (Å²) >= 11 is 0. The minimum Gasteiger partial charge on any atom is -0.392 e. The van der Waals surface area contributed by atoms with E-state index in [-0.39, 0.29) is 5.82 Å². The molecule has 1 heterocycles. The Labute approximate surface area is 128 Å². The van der Waals surface area contributed by atoms with Gasteiger partial charge in [-0.3, -0.25) is 0 Å². The van der Waals surface area contributed by atoms with Gasteiger partial charge in [0.1, 0.15) is 5.82 Å². The summed E-state index contributed by atoms with van der Waals surface area (Å²) < 4.78 is 15.9. The molecular formula is C17H18FN3O. The van der Waals surface area contributed by atoms with Gasteiger partial charge in [-0.25, -0.2) is 9.37 Å². The van der Waals surface area contributed by atoms with E-state index in [0.717, 1.165) is 11.0 Å². The Bertz CT molecular complexity index is 782. The van der Waals surface area contributed by atoms with Crippen LogP contribution in [0, 0.1) is 5.82 Å². The van der Waals surface area contributed by atoms with Crippen molar-refractivity contribution in [1.82, 2.24) is 9.55 Å². The molecule has 22 heavy (non-hydrogen) atoms. The zero-order valence-electron chi connectivity index (χ0n) is 12.3. The van der Waals surface area contributed by atoms with Crippen LogP contribution >= 0.6 is 0 Å². The molecule has 2 aromatic carbocycles. The number of hydrogen-bond acceptors (Lipinski definition) is 3. The highest BCUT2D eigenvalue weighted by Gasteiger charge is 2.12. The standard InChI is InChI=1S/C17H18FN3O/c1-12(22)10-19-17-20-15-8-4-5-9-16(15)21(17)11-13-6-2-3-7-14(13)18/h2-9,12,22H,10-11H2,1H3,(H,19,20)/t12-/m1/s1. The van der Waals surface area contributed by atoms with Gasteiger partial charge in [-0.1, -0.05) is 30.3 Å². The molecule has 0 saturated carbocycles. The van der Waals surface area contributed by atoms with Gasteiger partial charge in [0.25, 0.3) is 0 Å². The first-order valence-electron chi connectivity index (χ1n) is 7.26. The zero-order chi connectivity index (χ0) is 15.5. The summed E-state index contributed by atoms with van der Waals surface area (Å²) in [7, 11) is 0. The normalized spacial score (nSPS) is 12.5. The van der Waals surface area contributed by atoms with Crippen molar-refractivity contribution >= 4 is 17.0 Å². The molecule has 1 atom stereocenters. The van der Waals surface area contributed by atoms with Gasteiger partial charge in [-0.05, 0) is 25.1 Å². The van der Waals surface area contributed by atoms with E-state index in [1.807, 2.05) is 34.9 Å². The fourth-order valence-electron chi connectivity index (χ4n) is 2.41. The topological polar surface area (TPSA) is 50.1 Å². The minimum absolute atomic E-state index is 0.234. The number of nitrogens with one attached hydrogen (secondary N) is 1. The minimum atomic E-state index is -0.485. The average molecular weight is 299 g/mol. The molecule has 5 heteroatoms. The summed E-state index contributed by atoms with van der Waals surface area (Å²) in [6.45, 7) is 2.48. The second kappa shape index (κ2) is 6.15. The monoisotopic (exact) mass is 299 g/mol. The first-order valence-corrected chi connectivity index (χ1v) is 7.26. The molecular weight excluding hydrogens is 281 g/mol. The SMILES string of the molecule is C[C@@H](O)CNc1nc2ccccc2n1Cc1ccccc1F. The van der Waals surface area contributed by atoms with Gasteiger partial charge < -0.3 is 15.0 Å². The number of fused-ring (bicyclic) bond motifs is 1. The number of aromatic nitrogens is 2. The maximum atomic E-state index is 13.9. The Hall–Kier alpha value is -2.40. The van der Waals surface area contributed by atoms with Crippen LogP contribution in [-0.2, 0) is 6.54 Å². The first-order chi connectivity index (χ1) is 10.6. The largest absolute Gasteiger partial charge is 0.392 e. The van der Waals surface area contributed by atoms with Crippen LogP contribution in [0.5, 0.6) is 0 Å². The van der Waals surface area contributed by atoms with Crippen LogP contribution in [0.15, 0.2) is 48.5 Å². The predicted molar refractivity (Wildman–Crippen MR) is 85.4 cm³/mol. The molecule has 1 aromatic heterocycles. The molecule has 3 aromatic rings. The third kappa shape index (κ3) is 2.94. The Kier molecular flexibility index (Phi) is 4.06. The van der Waals surface area contributed by atoms with Gasteiger partial charge in [0.05, 0.1) is 23.7 Å². The Morgan fingerprint density at radius 3 is 2.68 bits per heavy atom. The molecule has 0 radical (unpaired) electrons. The lowest BCUT2D eigenvalue weighted by atomic mass is 10.2. The predicted octanol–water partition coefficient (Wildman–Crippen LogP) is 3.02. The number of benzene rings is 2. The Balaban J connectivity index is 2.01. The lowest BCUT2D eigenvalue weighted by Crippen LogP contribution is -2.18. The third-order valence-electron chi connectivity index (χ3n) is 3.50. The van der Waals surface area contributed by atoms with E-state index >= 15 is 0 Å². The highest BCUT2D eigenvalue weighted by Crippen LogP contribution is 2.22. The van der Waals surface area contributed by atoms with E-state index in [1.165, 1.54) is 6.07 Å². The Morgan fingerprint density at radius 2 is 1.91 bits per heavy atom. The van der Waals surface area contributed by atoms with Crippen molar-refractivity contribution in [3.05, 3.63) is 59.9 Å². The van der Waals surface area contributed by atoms with E-state index in [9.17, 15) is 9.50 Å². The molecule has 0 saturated heterocycles. The first kappa shape index (κ1) is 14.5. The van der Waals surface area contributed by atoms with E-state index in [1.54, 1.807) is 19.1 Å². The maximum absolute atomic E-state index is 13.9. The fraction of sp³-hybridized carbons (Fsp3) is 0.235. The molecule has 0 unspecified atom stereocenters. The summed E-state index contributed by atoms with van der Waals surface area (Å²) in [6, 6.07) is 14.4. The van der Waals surface area contributed by atoms with Crippen LogP contribution in [0.2, 0.25) is 0 Å². The zero-order valence-corrected chi connectivity index (χ0v) is 12.3. The van der Waals surface area contributed by atoms with Crippen LogP contribution in [0.3, 0.4) is 0 Å². The lowest BCUT2D eigenvalue weighted by Gasteiger charge is -2.12. The summed E-state index contributed by atoms with van der Waals surface area (Å²) in [5.74, 6) is 0.395. The molecule has 0 aliphatic rings. The number of halogens is 1. The van der Waals surface area contributed by atoms with Crippen LogP contribution in [-0.4, -0.2) is 27.3 Å². The number of anilines is 1. The van der Waals surface area contributed by atoms with Crippen molar-refractivity contribution in [3.8, 4) is 0 Å². The molecule has 0 aliphatic carbocycles. The highest BCUT2D eigenvalue weighted by molar-refractivity contribution is 5.78. The van der Waals surface area contributed by atoms with Gasteiger partial charge in [0.2, 0.25) is 5.95 Å². The number of nitrogens with zero attached hydrogens (tertiary/aromatic N) is 2. The molecule has 4 nitrogen and oxygen atoms in total. The molecule has 0 amide bonds. The number of rotatable bonds is 5. The second-order valence-corrected chi connectivity index (χ2v) is 5.33. The lowest BCUT2D eigenvalue weighted by molar-refractivity contribution is 0.208. The van der Waals surface area contributed by atoms with Crippen molar-refractivity contribution in [1.29, 1.82) is 0 Å². The van der Waals surface area contributed by atoms with E-state index in [4.69, 9.17) is 0 Å². The summed E-state index contributed by atoms with van der Waals surface area (Å²) in [4.78, 5) is 4.53. The summed E-state index contributed by atoms with van der Waals surface area (Å²) in [5.41, 5.74) is 2.37. The summed E-state index contributed by atoms with van der Waals surface area (Å²) in [6.07, 6.45) is -0.485. The van der Waals surface area contributed by atoms with Crippen molar-refractivity contribution in [2.24, 2.45) is 0 Å². The van der Waals surface area contributed by atoms with Crippen molar-refractivity contribution in [3.63, 3.8) is 0 Å². The third-order valence-corrected chi connectivity index (χ3v) is 3.50. The van der Waals surface area contributed by atoms with Gasteiger partial charge >= 0.3 is 0 Å². The van der Waals surface area contributed by atoms with Crippen molar-refractivity contribution < 1.29 is 9.50 Å². The average Bonchev–Trinajstić information content (AvgIpc) is 2.85. The number of imidazole rings is 1. The van der Waals surface area contributed by atoms with Crippen LogP contribution in [0.4, 0.5) is 10.3 Å². The van der Waals surface area contributed by atoms with Crippen LogP contribution in [0.25, 0.3) is 11.0 Å². The van der Waals surface area contributed by atoms with Crippen LogP contribution in [0.1, 0.15) is 12.5 Å². The molecule has 0 fully saturated rings. The summed E-state index contributed by atoms with van der Waals surface area (Å²) in [5, 5.41) is 12.6. The fourth-order valence-corrected chi connectivity index (χ4v) is 2.41.